The zero-order chi connectivity index (χ0) is 16.8. The molecule has 2 aliphatic heterocycles. The SMILES string of the molecule is CC(C)n1c(C(=O)NC2C[C@H]3CC[C@@H](C2)N3C)nc2ccccc21. The van der Waals surface area contributed by atoms with Gasteiger partial charge in [0.2, 0.25) is 0 Å². The van der Waals surface area contributed by atoms with Crippen LogP contribution in [0.4, 0.5) is 0 Å². The van der Waals surface area contributed by atoms with Crippen molar-refractivity contribution in [3.63, 3.8) is 0 Å². The number of para-hydroxylation sites is 2. The number of fused-ring (bicyclic) bond motifs is 3. The quantitative estimate of drug-likeness (QED) is 0.943. The molecule has 5 nitrogen and oxygen atoms in total. The minimum atomic E-state index is -0.0335. The van der Waals surface area contributed by atoms with Crippen molar-refractivity contribution in [2.24, 2.45) is 0 Å². The number of rotatable bonds is 3. The van der Waals surface area contributed by atoms with Crippen LogP contribution in [0.25, 0.3) is 11.0 Å². The van der Waals surface area contributed by atoms with Crippen LogP contribution in [0.1, 0.15) is 56.2 Å². The Balaban J connectivity index is 1.59. The molecule has 0 aliphatic carbocycles. The van der Waals surface area contributed by atoms with Crippen LogP contribution >= 0.6 is 0 Å². The van der Waals surface area contributed by atoms with Gasteiger partial charge in [-0.3, -0.25) is 4.79 Å². The number of benzene rings is 1. The maximum absolute atomic E-state index is 12.9. The van der Waals surface area contributed by atoms with E-state index in [1.165, 1.54) is 12.8 Å². The molecular formula is C19H26N4O. The van der Waals surface area contributed by atoms with Crippen LogP contribution in [0, 0.1) is 0 Å². The summed E-state index contributed by atoms with van der Waals surface area (Å²) in [6.07, 6.45) is 4.64. The van der Waals surface area contributed by atoms with Crippen LogP contribution in [-0.4, -0.2) is 45.5 Å². The van der Waals surface area contributed by atoms with Crippen molar-refractivity contribution in [2.75, 3.05) is 7.05 Å². The molecule has 1 aromatic carbocycles. The van der Waals surface area contributed by atoms with Crippen LogP contribution in [0.2, 0.25) is 0 Å². The number of nitrogens with zero attached hydrogens (tertiary/aromatic N) is 3. The Kier molecular flexibility index (Phi) is 3.83. The molecule has 5 heteroatoms. The highest BCUT2D eigenvalue weighted by Gasteiger charge is 2.39. The Morgan fingerprint density at radius 3 is 2.54 bits per heavy atom. The number of amides is 1. The average molecular weight is 326 g/mol. The van der Waals surface area contributed by atoms with E-state index in [1.807, 2.05) is 28.8 Å². The summed E-state index contributed by atoms with van der Waals surface area (Å²) in [6.45, 7) is 4.20. The fourth-order valence-corrected chi connectivity index (χ4v) is 4.51. The summed E-state index contributed by atoms with van der Waals surface area (Å²) in [5, 5.41) is 3.26. The molecule has 128 valence electrons. The molecule has 2 fully saturated rings. The van der Waals surface area contributed by atoms with Crippen LogP contribution in [0.15, 0.2) is 24.3 Å². The van der Waals surface area contributed by atoms with Crippen molar-refractivity contribution >= 4 is 16.9 Å². The van der Waals surface area contributed by atoms with Gasteiger partial charge < -0.3 is 14.8 Å². The molecule has 3 heterocycles. The molecule has 2 saturated heterocycles. The highest BCUT2D eigenvalue weighted by molar-refractivity contribution is 5.95. The molecule has 24 heavy (non-hydrogen) atoms. The maximum Gasteiger partial charge on any atom is 0.287 e. The summed E-state index contributed by atoms with van der Waals surface area (Å²) in [6, 6.07) is 9.69. The average Bonchev–Trinajstić information content (AvgIpc) is 3.02. The van der Waals surface area contributed by atoms with E-state index < -0.39 is 0 Å². The van der Waals surface area contributed by atoms with E-state index in [4.69, 9.17) is 0 Å². The molecule has 0 radical (unpaired) electrons. The standard InChI is InChI=1S/C19H26N4O/c1-12(2)23-17-7-5-4-6-16(17)21-18(23)19(24)20-13-10-14-8-9-15(11-13)22(14)3/h4-7,12-15H,8-11H2,1-3H3,(H,20,24)/t13?,14-,15+. The Hall–Kier alpha value is -1.88. The molecule has 0 spiro atoms. The van der Waals surface area contributed by atoms with Crippen LogP contribution < -0.4 is 5.32 Å². The van der Waals surface area contributed by atoms with Gasteiger partial charge in [0, 0.05) is 24.2 Å². The number of carbonyl (C=O) groups is 1. The first-order valence-electron chi connectivity index (χ1n) is 9.04. The van der Waals surface area contributed by atoms with E-state index in [1.54, 1.807) is 0 Å². The number of piperidine rings is 1. The van der Waals surface area contributed by atoms with Gasteiger partial charge in [0.15, 0.2) is 5.82 Å². The van der Waals surface area contributed by atoms with Crippen molar-refractivity contribution in [3.8, 4) is 0 Å². The topological polar surface area (TPSA) is 50.2 Å². The van der Waals surface area contributed by atoms with Gasteiger partial charge >= 0.3 is 0 Å². The lowest BCUT2D eigenvalue weighted by molar-refractivity contribution is 0.0867. The monoisotopic (exact) mass is 326 g/mol. The second kappa shape index (κ2) is 5.88. The third-order valence-electron chi connectivity index (χ3n) is 5.75. The van der Waals surface area contributed by atoms with E-state index in [9.17, 15) is 4.79 Å². The fourth-order valence-electron chi connectivity index (χ4n) is 4.51. The highest BCUT2D eigenvalue weighted by atomic mass is 16.2. The predicted molar refractivity (Wildman–Crippen MR) is 95.2 cm³/mol. The third kappa shape index (κ3) is 2.51. The Morgan fingerprint density at radius 2 is 1.88 bits per heavy atom. The van der Waals surface area contributed by atoms with Crippen LogP contribution in [0.3, 0.4) is 0 Å². The molecule has 2 aromatic rings. The van der Waals surface area contributed by atoms with Gasteiger partial charge in [0.05, 0.1) is 11.0 Å². The predicted octanol–water partition coefficient (Wildman–Crippen LogP) is 2.97. The van der Waals surface area contributed by atoms with Crippen molar-refractivity contribution in [1.29, 1.82) is 0 Å². The van der Waals surface area contributed by atoms with Gasteiger partial charge in [-0.15, -0.1) is 0 Å². The second-order valence-electron chi connectivity index (χ2n) is 7.58. The van der Waals surface area contributed by atoms with Gasteiger partial charge in [0.25, 0.3) is 5.91 Å². The summed E-state index contributed by atoms with van der Waals surface area (Å²) in [5.74, 6) is 0.506. The van der Waals surface area contributed by atoms with E-state index in [0.717, 1.165) is 23.9 Å². The Bertz CT molecular complexity index is 752. The van der Waals surface area contributed by atoms with Gasteiger partial charge in [-0.25, -0.2) is 4.98 Å². The maximum atomic E-state index is 12.9. The van der Waals surface area contributed by atoms with E-state index >= 15 is 0 Å². The van der Waals surface area contributed by atoms with Crippen LogP contribution in [-0.2, 0) is 0 Å². The minimum absolute atomic E-state index is 0.0335. The van der Waals surface area contributed by atoms with E-state index in [0.29, 0.717) is 17.9 Å². The molecule has 1 aromatic heterocycles. The molecule has 3 atom stereocenters. The summed E-state index contributed by atoms with van der Waals surface area (Å²) < 4.78 is 2.05. The van der Waals surface area contributed by atoms with Crippen molar-refractivity contribution in [1.82, 2.24) is 19.8 Å². The lowest BCUT2D eigenvalue weighted by atomic mass is 9.98. The summed E-state index contributed by atoms with van der Waals surface area (Å²) in [7, 11) is 2.22. The molecule has 2 aliphatic rings. The number of hydrogen-bond donors (Lipinski definition) is 1. The lowest BCUT2D eigenvalue weighted by Crippen LogP contribution is -2.49. The zero-order valence-corrected chi connectivity index (χ0v) is 14.7. The molecule has 1 N–H and O–H groups in total. The normalized spacial score (nSPS) is 27.1. The summed E-state index contributed by atoms with van der Waals surface area (Å²) in [4.78, 5) is 20.0. The van der Waals surface area contributed by atoms with Crippen molar-refractivity contribution < 1.29 is 4.79 Å². The first kappa shape index (κ1) is 15.6. The van der Waals surface area contributed by atoms with Gasteiger partial charge in [-0.1, -0.05) is 12.1 Å². The number of aromatic nitrogens is 2. The van der Waals surface area contributed by atoms with E-state index in [-0.39, 0.29) is 18.0 Å². The van der Waals surface area contributed by atoms with Crippen molar-refractivity contribution in [2.45, 2.75) is 63.7 Å². The third-order valence-corrected chi connectivity index (χ3v) is 5.75. The Labute approximate surface area is 143 Å². The number of nitrogens with one attached hydrogen (secondary N) is 1. The number of carbonyl (C=O) groups excluding carboxylic acids is 1. The minimum Gasteiger partial charge on any atom is -0.347 e. The molecule has 1 unspecified atom stereocenters. The van der Waals surface area contributed by atoms with Crippen molar-refractivity contribution in [3.05, 3.63) is 30.1 Å². The smallest absolute Gasteiger partial charge is 0.287 e. The highest BCUT2D eigenvalue weighted by Crippen LogP contribution is 2.34. The first-order chi connectivity index (χ1) is 11.5. The Morgan fingerprint density at radius 1 is 1.21 bits per heavy atom. The molecule has 1 amide bonds. The van der Waals surface area contributed by atoms with Gasteiger partial charge in [0.1, 0.15) is 0 Å². The molecular weight excluding hydrogens is 300 g/mol. The number of imidazole rings is 1. The van der Waals surface area contributed by atoms with E-state index in [2.05, 4.69) is 36.1 Å². The molecule has 0 saturated carbocycles. The zero-order valence-electron chi connectivity index (χ0n) is 14.7. The summed E-state index contributed by atoms with van der Waals surface area (Å²) >= 11 is 0. The fraction of sp³-hybridized carbons (Fsp3) is 0.579. The summed E-state index contributed by atoms with van der Waals surface area (Å²) in [5.41, 5.74) is 1.92. The number of hydrogen-bond acceptors (Lipinski definition) is 3. The second-order valence-corrected chi connectivity index (χ2v) is 7.58. The first-order valence-corrected chi connectivity index (χ1v) is 9.04. The van der Waals surface area contributed by atoms with Gasteiger partial charge in [-0.05, 0) is 58.7 Å². The van der Waals surface area contributed by atoms with Gasteiger partial charge in [-0.2, -0.15) is 0 Å². The largest absolute Gasteiger partial charge is 0.347 e. The lowest BCUT2D eigenvalue weighted by Gasteiger charge is -2.36. The van der Waals surface area contributed by atoms with Crippen LogP contribution in [0.5, 0.6) is 0 Å². The molecule has 4 rings (SSSR count). The molecule has 2 bridgehead atoms.